The summed E-state index contributed by atoms with van der Waals surface area (Å²) in [5, 5.41) is 0. The molecule has 0 radical (unpaired) electrons. The number of rotatable bonds is 3. The van der Waals surface area contributed by atoms with Crippen molar-refractivity contribution in [3.05, 3.63) is 40.1 Å². The molecule has 0 heterocycles. The molecular formula is C13H14BrFO2. The van der Waals surface area contributed by atoms with Crippen molar-refractivity contribution in [1.82, 2.24) is 0 Å². The zero-order valence-electron chi connectivity index (χ0n) is 9.96. The van der Waals surface area contributed by atoms with Crippen LogP contribution in [0.25, 0.3) is 5.57 Å². The molecule has 92 valence electrons. The highest BCUT2D eigenvalue weighted by Gasteiger charge is 2.11. The van der Waals surface area contributed by atoms with Gasteiger partial charge >= 0.3 is 5.97 Å². The van der Waals surface area contributed by atoms with E-state index in [9.17, 15) is 9.18 Å². The van der Waals surface area contributed by atoms with E-state index >= 15 is 0 Å². The Kier molecular flexibility index (Phi) is 4.87. The number of methoxy groups -OCH3 is 1. The average molecular weight is 301 g/mol. The molecule has 0 aliphatic heterocycles. The summed E-state index contributed by atoms with van der Waals surface area (Å²) in [6.07, 6.45) is 1.39. The zero-order chi connectivity index (χ0) is 13.0. The third-order valence-corrected chi connectivity index (χ3v) is 2.75. The SMILES string of the molecule is COC(=O)/C=C(\c1cc(F)cc(Br)c1)C(C)C. The Hall–Kier alpha value is -1.16. The number of carbonyl (C=O) groups is 1. The van der Waals surface area contributed by atoms with Gasteiger partial charge in [-0.1, -0.05) is 29.8 Å². The van der Waals surface area contributed by atoms with Gasteiger partial charge in [0.1, 0.15) is 5.82 Å². The van der Waals surface area contributed by atoms with E-state index in [1.807, 2.05) is 13.8 Å². The molecule has 0 saturated carbocycles. The molecule has 2 nitrogen and oxygen atoms in total. The lowest BCUT2D eigenvalue weighted by atomic mass is 9.95. The maximum Gasteiger partial charge on any atom is 0.330 e. The Morgan fingerprint density at radius 2 is 2.06 bits per heavy atom. The second-order valence-electron chi connectivity index (χ2n) is 3.94. The topological polar surface area (TPSA) is 26.3 Å². The molecule has 4 heteroatoms. The summed E-state index contributed by atoms with van der Waals surface area (Å²) in [4.78, 5) is 11.3. The van der Waals surface area contributed by atoms with Gasteiger partial charge in [0.15, 0.2) is 0 Å². The zero-order valence-corrected chi connectivity index (χ0v) is 11.5. The number of carbonyl (C=O) groups excluding carboxylic acids is 1. The minimum atomic E-state index is -0.436. The first-order chi connectivity index (χ1) is 7.93. The summed E-state index contributed by atoms with van der Waals surface area (Å²) in [6.45, 7) is 3.88. The second kappa shape index (κ2) is 5.96. The molecule has 0 bridgehead atoms. The van der Waals surface area contributed by atoms with Crippen LogP contribution in [0.4, 0.5) is 4.39 Å². The molecular weight excluding hydrogens is 287 g/mol. The van der Waals surface area contributed by atoms with Gasteiger partial charge in [0.05, 0.1) is 7.11 Å². The maximum absolute atomic E-state index is 13.3. The van der Waals surface area contributed by atoms with Crippen molar-refractivity contribution in [2.24, 2.45) is 5.92 Å². The van der Waals surface area contributed by atoms with Crippen molar-refractivity contribution in [3.8, 4) is 0 Å². The predicted molar refractivity (Wildman–Crippen MR) is 68.9 cm³/mol. The van der Waals surface area contributed by atoms with E-state index in [0.717, 1.165) is 5.57 Å². The van der Waals surface area contributed by atoms with Gasteiger partial charge in [-0.15, -0.1) is 0 Å². The van der Waals surface area contributed by atoms with Crippen LogP contribution in [0.3, 0.4) is 0 Å². The molecule has 0 N–H and O–H groups in total. The Morgan fingerprint density at radius 3 is 2.53 bits per heavy atom. The van der Waals surface area contributed by atoms with Gasteiger partial charge < -0.3 is 4.74 Å². The summed E-state index contributed by atoms with van der Waals surface area (Å²) < 4.78 is 18.5. The normalized spacial score (nSPS) is 11.8. The van der Waals surface area contributed by atoms with Crippen LogP contribution in [0.2, 0.25) is 0 Å². The van der Waals surface area contributed by atoms with Crippen LogP contribution in [-0.4, -0.2) is 13.1 Å². The van der Waals surface area contributed by atoms with E-state index in [1.165, 1.54) is 25.3 Å². The molecule has 0 unspecified atom stereocenters. The van der Waals surface area contributed by atoms with Crippen molar-refractivity contribution >= 4 is 27.5 Å². The first kappa shape index (κ1) is 13.9. The molecule has 0 spiro atoms. The van der Waals surface area contributed by atoms with Crippen molar-refractivity contribution in [1.29, 1.82) is 0 Å². The third-order valence-electron chi connectivity index (χ3n) is 2.29. The Balaban J connectivity index is 3.23. The van der Waals surface area contributed by atoms with Gasteiger partial charge in [0.2, 0.25) is 0 Å². The number of hydrogen-bond donors (Lipinski definition) is 0. The Bertz CT molecular complexity index is 432. The fourth-order valence-electron chi connectivity index (χ4n) is 1.49. The summed E-state index contributed by atoms with van der Waals surface area (Å²) in [6, 6.07) is 4.55. The van der Waals surface area contributed by atoms with E-state index in [-0.39, 0.29) is 11.7 Å². The number of allylic oxidation sites excluding steroid dienone is 1. The molecule has 0 saturated heterocycles. The van der Waals surface area contributed by atoms with Crippen LogP contribution in [0.1, 0.15) is 19.4 Å². The van der Waals surface area contributed by atoms with E-state index in [0.29, 0.717) is 10.0 Å². The number of hydrogen-bond acceptors (Lipinski definition) is 2. The number of benzene rings is 1. The van der Waals surface area contributed by atoms with Crippen LogP contribution in [0.5, 0.6) is 0 Å². The lowest BCUT2D eigenvalue weighted by molar-refractivity contribution is -0.134. The van der Waals surface area contributed by atoms with Gasteiger partial charge in [0.25, 0.3) is 0 Å². The van der Waals surface area contributed by atoms with Crippen LogP contribution in [-0.2, 0) is 9.53 Å². The molecule has 0 aromatic heterocycles. The van der Waals surface area contributed by atoms with Gasteiger partial charge in [-0.25, -0.2) is 9.18 Å². The molecule has 1 aromatic rings. The summed E-state index contributed by atoms with van der Waals surface area (Å²) >= 11 is 3.23. The van der Waals surface area contributed by atoms with Gasteiger partial charge in [-0.2, -0.15) is 0 Å². The fourth-order valence-corrected chi connectivity index (χ4v) is 1.96. The first-order valence-corrected chi connectivity index (χ1v) is 5.99. The number of ether oxygens (including phenoxy) is 1. The molecule has 17 heavy (non-hydrogen) atoms. The number of esters is 1. The molecule has 1 rings (SSSR count). The van der Waals surface area contributed by atoms with E-state index in [4.69, 9.17) is 0 Å². The van der Waals surface area contributed by atoms with Crippen LogP contribution < -0.4 is 0 Å². The molecule has 1 aromatic carbocycles. The number of halogens is 2. The standard InChI is InChI=1S/C13H14BrFO2/c1-8(2)12(7-13(16)17-3)9-4-10(14)6-11(15)5-9/h4-8H,1-3H3/b12-7-. The minimum absolute atomic E-state index is 0.0998. The predicted octanol–water partition coefficient (Wildman–Crippen LogP) is 3.80. The van der Waals surface area contributed by atoms with E-state index in [1.54, 1.807) is 6.07 Å². The quantitative estimate of drug-likeness (QED) is 0.627. The minimum Gasteiger partial charge on any atom is -0.466 e. The van der Waals surface area contributed by atoms with Crippen molar-refractivity contribution in [2.45, 2.75) is 13.8 Å². The van der Waals surface area contributed by atoms with Gasteiger partial charge in [0, 0.05) is 10.5 Å². The molecule has 0 fully saturated rings. The highest BCUT2D eigenvalue weighted by molar-refractivity contribution is 9.10. The Labute approximate surface area is 109 Å². The Morgan fingerprint density at radius 1 is 1.41 bits per heavy atom. The monoisotopic (exact) mass is 300 g/mol. The van der Waals surface area contributed by atoms with Gasteiger partial charge in [-0.3, -0.25) is 0 Å². The van der Waals surface area contributed by atoms with Crippen molar-refractivity contribution < 1.29 is 13.9 Å². The van der Waals surface area contributed by atoms with Crippen molar-refractivity contribution in [3.63, 3.8) is 0 Å². The molecule has 0 aliphatic rings. The highest BCUT2D eigenvalue weighted by Crippen LogP contribution is 2.26. The van der Waals surface area contributed by atoms with E-state index in [2.05, 4.69) is 20.7 Å². The lowest BCUT2D eigenvalue weighted by Crippen LogP contribution is -2.01. The maximum atomic E-state index is 13.3. The van der Waals surface area contributed by atoms with Crippen LogP contribution in [0, 0.1) is 11.7 Å². The smallest absolute Gasteiger partial charge is 0.330 e. The average Bonchev–Trinajstić information content (AvgIpc) is 2.23. The first-order valence-electron chi connectivity index (χ1n) is 5.20. The van der Waals surface area contributed by atoms with E-state index < -0.39 is 5.97 Å². The van der Waals surface area contributed by atoms with Crippen LogP contribution >= 0.6 is 15.9 Å². The molecule has 0 atom stereocenters. The largest absolute Gasteiger partial charge is 0.466 e. The third kappa shape index (κ3) is 3.97. The van der Waals surface area contributed by atoms with Crippen molar-refractivity contribution in [2.75, 3.05) is 7.11 Å². The fraction of sp³-hybridized carbons (Fsp3) is 0.308. The second-order valence-corrected chi connectivity index (χ2v) is 4.85. The summed E-state index contributed by atoms with van der Waals surface area (Å²) in [7, 11) is 1.32. The molecule has 0 aliphatic carbocycles. The summed E-state index contributed by atoms with van der Waals surface area (Å²) in [5.74, 6) is -0.678. The molecule has 0 amide bonds. The van der Waals surface area contributed by atoms with Gasteiger partial charge in [-0.05, 0) is 35.3 Å². The highest BCUT2D eigenvalue weighted by atomic mass is 79.9. The lowest BCUT2D eigenvalue weighted by Gasteiger charge is -2.12. The van der Waals surface area contributed by atoms with Crippen LogP contribution in [0.15, 0.2) is 28.7 Å². The summed E-state index contributed by atoms with van der Waals surface area (Å²) in [5.41, 5.74) is 1.43.